The Labute approximate surface area is 104 Å². The average Bonchev–Trinajstić information content (AvgIpc) is 2.81. The molecule has 2 atom stereocenters. The maximum atomic E-state index is 12.1. The Bertz CT molecular complexity index is 432. The Kier molecular flexibility index (Phi) is 3.59. The predicted octanol–water partition coefficient (Wildman–Crippen LogP) is -0.0102. The summed E-state index contributed by atoms with van der Waals surface area (Å²) in [6.45, 7) is 2.54. The number of likely N-dealkylation sites (tertiary alicyclic amines) is 1. The maximum Gasteiger partial charge on any atom is 0.326 e. The molecule has 1 aliphatic heterocycles. The molecular formula is C11H16N4O3. The van der Waals surface area contributed by atoms with Gasteiger partial charge in [0.1, 0.15) is 25.2 Å². The van der Waals surface area contributed by atoms with E-state index in [1.54, 1.807) is 0 Å². The van der Waals surface area contributed by atoms with E-state index in [1.165, 1.54) is 22.2 Å². The molecule has 1 fully saturated rings. The number of amides is 1. The number of aromatic nitrogens is 3. The highest BCUT2D eigenvalue weighted by Crippen LogP contribution is 2.22. The van der Waals surface area contributed by atoms with Crippen LogP contribution in [0, 0.1) is 5.92 Å². The van der Waals surface area contributed by atoms with E-state index in [9.17, 15) is 14.7 Å². The lowest BCUT2D eigenvalue weighted by molar-refractivity contribution is -0.153. The summed E-state index contributed by atoms with van der Waals surface area (Å²) in [5, 5.41) is 13.0. The van der Waals surface area contributed by atoms with Crippen molar-refractivity contribution >= 4 is 11.9 Å². The van der Waals surface area contributed by atoms with Gasteiger partial charge in [-0.3, -0.25) is 4.79 Å². The number of carbonyl (C=O) groups is 2. The Balaban J connectivity index is 2.05. The summed E-state index contributed by atoms with van der Waals surface area (Å²) in [7, 11) is 0. The summed E-state index contributed by atoms with van der Waals surface area (Å²) in [6.07, 6.45) is 4.14. The number of nitrogens with zero attached hydrogens (tertiary/aromatic N) is 4. The summed E-state index contributed by atoms with van der Waals surface area (Å²) >= 11 is 0. The first kappa shape index (κ1) is 12.5. The van der Waals surface area contributed by atoms with Gasteiger partial charge in [0.25, 0.3) is 0 Å². The molecule has 7 nitrogen and oxygen atoms in total. The average molecular weight is 252 g/mol. The van der Waals surface area contributed by atoms with E-state index in [0.717, 1.165) is 6.42 Å². The van der Waals surface area contributed by atoms with Crippen molar-refractivity contribution in [2.75, 3.05) is 6.54 Å². The van der Waals surface area contributed by atoms with E-state index in [1.807, 2.05) is 6.92 Å². The lowest BCUT2D eigenvalue weighted by Gasteiger charge is -2.35. The van der Waals surface area contributed by atoms with Crippen LogP contribution in [0.1, 0.15) is 19.8 Å². The third kappa shape index (κ3) is 2.66. The first-order chi connectivity index (χ1) is 8.58. The molecule has 18 heavy (non-hydrogen) atoms. The second-order valence-electron chi connectivity index (χ2n) is 4.66. The quantitative estimate of drug-likeness (QED) is 0.817. The van der Waals surface area contributed by atoms with Gasteiger partial charge in [-0.25, -0.2) is 14.5 Å². The molecule has 1 aliphatic rings. The SMILES string of the molecule is CC1CCN(C(=O)Cn2cncn2)C(C(=O)O)C1. The van der Waals surface area contributed by atoms with Crippen LogP contribution in [0.25, 0.3) is 0 Å². The smallest absolute Gasteiger partial charge is 0.326 e. The fourth-order valence-electron chi connectivity index (χ4n) is 2.22. The number of carbonyl (C=O) groups excluding carboxylic acids is 1. The van der Waals surface area contributed by atoms with Gasteiger partial charge in [0, 0.05) is 6.54 Å². The van der Waals surface area contributed by atoms with Gasteiger partial charge in [0.2, 0.25) is 5.91 Å². The van der Waals surface area contributed by atoms with E-state index >= 15 is 0 Å². The molecule has 1 N–H and O–H groups in total. The van der Waals surface area contributed by atoms with E-state index < -0.39 is 12.0 Å². The molecule has 1 aromatic rings. The molecule has 0 bridgehead atoms. The normalized spacial score (nSPS) is 23.9. The van der Waals surface area contributed by atoms with Gasteiger partial charge in [-0.2, -0.15) is 5.10 Å². The molecule has 1 aromatic heterocycles. The summed E-state index contributed by atoms with van der Waals surface area (Å²) in [4.78, 5) is 28.4. The van der Waals surface area contributed by atoms with Crippen LogP contribution in [0.2, 0.25) is 0 Å². The Hall–Kier alpha value is -1.92. The molecule has 7 heteroatoms. The van der Waals surface area contributed by atoms with Gasteiger partial charge in [0.15, 0.2) is 0 Å². The molecule has 2 heterocycles. The molecule has 0 spiro atoms. The highest BCUT2D eigenvalue weighted by atomic mass is 16.4. The molecule has 0 aromatic carbocycles. The van der Waals surface area contributed by atoms with Crippen LogP contribution in [0.4, 0.5) is 0 Å². The fraction of sp³-hybridized carbons (Fsp3) is 0.636. The van der Waals surface area contributed by atoms with Crippen molar-refractivity contribution in [3.8, 4) is 0 Å². The Morgan fingerprint density at radius 3 is 2.89 bits per heavy atom. The van der Waals surface area contributed by atoms with Crippen molar-refractivity contribution < 1.29 is 14.7 Å². The lowest BCUT2D eigenvalue weighted by Crippen LogP contribution is -2.50. The summed E-state index contributed by atoms with van der Waals surface area (Å²) < 4.78 is 1.40. The van der Waals surface area contributed by atoms with Crippen LogP contribution < -0.4 is 0 Å². The van der Waals surface area contributed by atoms with Crippen molar-refractivity contribution in [3.05, 3.63) is 12.7 Å². The van der Waals surface area contributed by atoms with E-state index in [0.29, 0.717) is 18.9 Å². The molecule has 0 radical (unpaired) electrons. The number of piperidine rings is 1. The van der Waals surface area contributed by atoms with Gasteiger partial charge in [-0.05, 0) is 18.8 Å². The molecule has 0 aliphatic carbocycles. The third-order valence-electron chi connectivity index (χ3n) is 3.23. The number of hydrogen-bond donors (Lipinski definition) is 1. The minimum Gasteiger partial charge on any atom is -0.480 e. The topological polar surface area (TPSA) is 88.3 Å². The zero-order valence-electron chi connectivity index (χ0n) is 10.2. The molecule has 1 amide bonds. The molecule has 0 saturated carbocycles. The lowest BCUT2D eigenvalue weighted by atomic mass is 9.92. The van der Waals surface area contributed by atoms with Crippen molar-refractivity contribution in [3.63, 3.8) is 0 Å². The van der Waals surface area contributed by atoms with Crippen molar-refractivity contribution in [1.82, 2.24) is 19.7 Å². The van der Waals surface area contributed by atoms with Gasteiger partial charge in [-0.1, -0.05) is 6.92 Å². The number of rotatable bonds is 3. The standard InChI is InChI=1S/C11H16N4O3/c1-8-2-3-15(9(4-8)11(17)18)10(16)5-14-7-12-6-13-14/h6-9H,2-5H2,1H3,(H,17,18). The van der Waals surface area contributed by atoms with Crippen LogP contribution in [0.15, 0.2) is 12.7 Å². The first-order valence-electron chi connectivity index (χ1n) is 5.92. The molecule has 2 unspecified atom stereocenters. The largest absolute Gasteiger partial charge is 0.480 e. The first-order valence-corrected chi connectivity index (χ1v) is 5.92. The number of hydrogen-bond acceptors (Lipinski definition) is 4. The van der Waals surface area contributed by atoms with Crippen LogP contribution in [0.3, 0.4) is 0 Å². The highest BCUT2D eigenvalue weighted by Gasteiger charge is 2.34. The van der Waals surface area contributed by atoms with Crippen molar-refractivity contribution in [2.24, 2.45) is 5.92 Å². The van der Waals surface area contributed by atoms with Gasteiger partial charge < -0.3 is 10.0 Å². The van der Waals surface area contributed by atoms with Crippen LogP contribution >= 0.6 is 0 Å². The maximum absolute atomic E-state index is 12.1. The second kappa shape index (κ2) is 5.16. The minimum atomic E-state index is -0.937. The fourth-order valence-corrected chi connectivity index (χ4v) is 2.22. The van der Waals surface area contributed by atoms with Crippen LogP contribution in [-0.2, 0) is 16.1 Å². The van der Waals surface area contributed by atoms with Gasteiger partial charge in [-0.15, -0.1) is 0 Å². The monoisotopic (exact) mass is 252 g/mol. The van der Waals surface area contributed by atoms with E-state index in [4.69, 9.17) is 0 Å². The third-order valence-corrected chi connectivity index (χ3v) is 3.23. The molecule has 2 rings (SSSR count). The summed E-state index contributed by atoms with van der Waals surface area (Å²) in [6, 6.07) is -0.718. The predicted molar refractivity (Wildman–Crippen MR) is 61.6 cm³/mol. The Morgan fingerprint density at radius 1 is 1.50 bits per heavy atom. The molecular weight excluding hydrogens is 236 g/mol. The molecule has 1 saturated heterocycles. The van der Waals surface area contributed by atoms with Crippen LogP contribution in [-0.4, -0.2) is 49.2 Å². The van der Waals surface area contributed by atoms with Gasteiger partial charge >= 0.3 is 5.97 Å². The second-order valence-corrected chi connectivity index (χ2v) is 4.66. The van der Waals surface area contributed by atoms with E-state index in [-0.39, 0.29) is 12.5 Å². The minimum absolute atomic E-state index is 0.0398. The van der Waals surface area contributed by atoms with Crippen molar-refractivity contribution in [2.45, 2.75) is 32.4 Å². The van der Waals surface area contributed by atoms with Crippen molar-refractivity contribution in [1.29, 1.82) is 0 Å². The zero-order valence-corrected chi connectivity index (χ0v) is 10.2. The summed E-state index contributed by atoms with van der Waals surface area (Å²) in [5.41, 5.74) is 0. The highest BCUT2D eigenvalue weighted by molar-refractivity contribution is 5.83. The van der Waals surface area contributed by atoms with E-state index in [2.05, 4.69) is 10.1 Å². The Morgan fingerprint density at radius 2 is 2.28 bits per heavy atom. The summed E-state index contributed by atoms with van der Waals surface area (Å²) in [5.74, 6) is -0.824. The number of carboxylic acid groups (broad SMARTS) is 1. The van der Waals surface area contributed by atoms with Crippen LogP contribution in [0.5, 0.6) is 0 Å². The zero-order chi connectivity index (χ0) is 13.1. The number of carboxylic acids is 1. The molecule has 98 valence electrons. The van der Waals surface area contributed by atoms with Gasteiger partial charge in [0.05, 0.1) is 0 Å². The number of aliphatic carboxylic acids is 1.